The number of hydrogen-bond donors (Lipinski definition) is 0. The average Bonchev–Trinajstić information content (AvgIpc) is 3.68. The lowest BCUT2D eigenvalue weighted by Gasteiger charge is -2.04. The fourth-order valence-electron chi connectivity index (χ4n) is 5.01. The number of ether oxygens (including phenoxy) is 2. The molecule has 0 bridgehead atoms. The van der Waals surface area contributed by atoms with Crippen molar-refractivity contribution < 1.29 is 19.1 Å². The molecule has 0 atom stereocenters. The molecule has 0 aliphatic carbocycles. The molecule has 3 aromatic heterocycles. The minimum Gasteiger partial charge on any atom is -0.466 e. The van der Waals surface area contributed by atoms with Crippen LogP contribution in [0.1, 0.15) is 86.8 Å². The third-order valence-corrected chi connectivity index (χ3v) is 10.2. The predicted molar refractivity (Wildman–Crippen MR) is 171 cm³/mol. The second-order valence-electron chi connectivity index (χ2n) is 10.3. The van der Waals surface area contributed by atoms with Crippen molar-refractivity contribution in [1.82, 2.24) is 8.75 Å². The number of thiophene rings is 2. The Bertz CT molecular complexity index is 1450. The maximum absolute atomic E-state index is 11.7. The van der Waals surface area contributed by atoms with E-state index in [-0.39, 0.29) is 11.9 Å². The molecule has 0 spiro atoms. The molecule has 0 saturated heterocycles. The molecule has 4 rings (SSSR count). The van der Waals surface area contributed by atoms with E-state index >= 15 is 0 Å². The minimum absolute atomic E-state index is 0.0947. The molecule has 1 aromatic carbocycles. The van der Waals surface area contributed by atoms with Crippen molar-refractivity contribution in [3.63, 3.8) is 0 Å². The number of carbonyl (C=O) groups is 2. The van der Waals surface area contributed by atoms with Crippen LogP contribution in [-0.2, 0) is 31.9 Å². The fraction of sp³-hybridized carbons (Fsp3) is 0.500. The topological polar surface area (TPSA) is 78.4 Å². The van der Waals surface area contributed by atoms with E-state index in [1.807, 2.05) is 36.5 Å². The zero-order valence-corrected chi connectivity index (χ0v) is 27.0. The number of fused-ring (bicyclic) bond motifs is 1. The Morgan fingerprint density at radius 1 is 0.732 bits per heavy atom. The van der Waals surface area contributed by atoms with E-state index in [0.29, 0.717) is 26.1 Å². The Balaban J connectivity index is 1.50. The highest BCUT2D eigenvalue weighted by molar-refractivity contribution is 7.24. The molecule has 41 heavy (non-hydrogen) atoms. The van der Waals surface area contributed by atoms with Crippen LogP contribution in [0.15, 0.2) is 24.3 Å². The molecule has 0 N–H and O–H groups in total. The summed E-state index contributed by atoms with van der Waals surface area (Å²) in [6.45, 7) is 8.89. The molecule has 0 aliphatic rings. The van der Waals surface area contributed by atoms with Crippen molar-refractivity contribution in [2.24, 2.45) is 0 Å². The summed E-state index contributed by atoms with van der Waals surface area (Å²) in [6, 6.07) is 9.04. The first kappa shape index (κ1) is 31.3. The SMILES string of the molecule is CCOC(=O)CCCCCc1cc(-c2sc(-c3ccc(C)c4nsnc34)cc2CCCCCC(=O)OCC)sc1C. The largest absolute Gasteiger partial charge is 0.466 e. The van der Waals surface area contributed by atoms with Gasteiger partial charge in [-0.25, -0.2) is 0 Å². The number of aromatic nitrogens is 2. The molecule has 0 fully saturated rings. The van der Waals surface area contributed by atoms with Gasteiger partial charge in [-0.3, -0.25) is 9.59 Å². The van der Waals surface area contributed by atoms with E-state index in [4.69, 9.17) is 9.47 Å². The van der Waals surface area contributed by atoms with Gasteiger partial charge in [-0.1, -0.05) is 25.0 Å². The van der Waals surface area contributed by atoms with Crippen LogP contribution >= 0.6 is 34.4 Å². The zero-order valence-electron chi connectivity index (χ0n) is 24.5. The highest BCUT2D eigenvalue weighted by Gasteiger charge is 2.19. The number of rotatable bonds is 16. The van der Waals surface area contributed by atoms with Gasteiger partial charge in [-0.15, -0.1) is 22.7 Å². The van der Waals surface area contributed by atoms with Crippen LogP contribution in [0.3, 0.4) is 0 Å². The summed E-state index contributed by atoms with van der Waals surface area (Å²) in [4.78, 5) is 28.6. The summed E-state index contributed by atoms with van der Waals surface area (Å²) in [6.07, 6.45) is 8.83. The van der Waals surface area contributed by atoms with Crippen molar-refractivity contribution >= 4 is 57.4 Å². The number of carbonyl (C=O) groups excluding carboxylic acids is 2. The molecule has 0 radical (unpaired) electrons. The highest BCUT2D eigenvalue weighted by atomic mass is 32.1. The third kappa shape index (κ3) is 8.46. The molecule has 0 aliphatic heterocycles. The van der Waals surface area contributed by atoms with Gasteiger partial charge in [0, 0.05) is 37.9 Å². The van der Waals surface area contributed by atoms with Crippen molar-refractivity contribution in [2.75, 3.05) is 13.2 Å². The van der Waals surface area contributed by atoms with Gasteiger partial charge >= 0.3 is 11.9 Å². The van der Waals surface area contributed by atoms with Gasteiger partial charge in [-0.05, 0) is 95.0 Å². The van der Waals surface area contributed by atoms with Gasteiger partial charge in [0.05, 0.1) is 24.9 Å². The molecular weight excluding hydrogens is 573 g/mol. The summed E-state index contributed by atoms with van der Waals surface area (Å²) in [5, 5.41) is 0. The first-order chi connectivity index (χ1) is 19.9. The van der Waals surface area contributed by atoms with Crippen LogP contribution in [0.4, 0.5) is 0 Å². The van der Waals surface area contributed by atoms with E-state index in [0.717, 1.165) is 73.5 Å². The van der Waals surface area contributed by atoms with Crippen LogP contribution in [-0.4, -0.2) is 33.9 Å². The maximum atomic E-state index is 11.7. The van der Waals surface area contributed by atoms with Crippen LogP contribution in [0.25, 0.3) is 31.2 Å². The van der Waals surface area contributed by atoms with Crippen molar-refractivity contribution in [3.05, 3.63) is 45.8 Å². The summed E-state index contributed by atoms with van der Waals surface area (Å²) in [5.41, 5.74) is 7.03. The molecule has 0 amide bonds. The lowest BCUT2D eigenvalue weighted by molar-refractivity contribution is -0.144. The highest BCUT2D eigenvalue weighted by Crippen LogP contribution is 2.44. The average molecular weight is 613 g/mol. The smallest absolute Gasteiger partial charge is 0.305 e. The summed E-state index contributed by atoms with van der Waals surface area (Å²) in [5.74, 6) is -0.198. The molecule has 0 unspecified atom stereocenters. The second kappa shape index (κ2) is 15.6. The molecule has 3 heterocycles. The number of unbranched alkanes of at least 4 members (excludes halogenated alkanes) is 4. The van der Waals surface area contributed by atoms with Gasteiger partial charge in [0.15, 0.2) is 0 Å². The lowest BCUT2D eigenvalue weighted by Crippen LogP contribution is -2.03. The quantitative estimate of drug-likeness (QED) is 0.0928. The number of esters is 2. The minimum atomic E-state index is -0.103. The number of nitrogens with zero attached hydrogens (tertiary/aromatic N) is 2. The van der Waals surface area contributed by atoms with Crippen LogP contribution in [0, 0.1) is 13.8 Å². The van der Waals surface area contributed by atoms with Gasteiger partial charge in [0.25, 0.3) is 0 Å². The van der Waals surface area contributed by atoms with Gasteiger partial charge < -0.3 is 9.47 Å². The molecular formula is C32H40N2O4S3. The molecule has 6 nitrogen and oxygen atoms in total. The standard InChI is InChI=1S/C32H40N2O4S3/c1-5-37-28(35)15-11-7-9-13-23-19-27(39-22(23)4)32-24(14-10-8-12-16-29(36)38-6-2)20-26(40-32)25-18-17-21(3)30-31(25)34-41-33-30/h17-20H,5-16H2,1-4H3. The van der Waals surface area contributed by atoms with Crippen molar-refractivity contribution in [1.29, 1.82) is 0 Å². The number of benzene rings is 1. The molecule has 220 valence electrons. The van der Waals surface area contributed by atoms with Crippen LogP contribution in [0.5, 0.6) is 0 Å². The number of aryl methyl sites for hydroxylation is 4. The van der Waals surface area contributed by atoms with Crippen molar-refractivity contribution in [3.8, 4) is 20.2 Å². The van der Waals surface area contributed by atoms with Gasteiger partial charge in [0.2, 0.25) is 0 Å². The third-order valence-electron chi connectivity index (χ3n) is 7.20. The Morgan fingerprint density at radius 3 is 2.00 bits per heavy atom. The fourth-order valence-corrected chi connectivity index (χ4v) is 8.08. The Hall–Kier alpha value is -2.62. The predicted octanol–water partition coefficient (Wildman–Crippen LogP) is 9.10. The Morgan fingerprint density at radius 2 is 1.34 bits per heavy atom. The number of hydrogen-bond acceptors (Lipinski definition) is 9. The molecule has 0 saturated carbocycles. The Kier molecular flexibility index (Phi) is 11.9. The van der Waals surface area contributed by atoms with Gasteiger partial charge in [0.1, 0.15) is 11.0 Å². The summed E-state index contributed by atoms with van der Waals surface area (Å²) >= 11 is 5.00. The zero-order chi connectivity index (χ0) is 29.2. The summed E-state index contributed by atoms with van der Waals surface area (Å²) in [7, 11) is 0. The monoisotopic (exact) mass is 612 g/mol. The van der Waals surface area contributed by atoms with E-state index < -0.39 is 0 Å². The maximum Gasteiger partial charge on any atom is 0.305 e. The van der Waals surface area contributed by atoms with E-state index in [9.17, 15) is 9.59 Å². The lowest BCUT2D eigenvalue weighted by atomic mass is 10.0. The summed E-state index contributed by atoms with van der Waals surface area (Å²) < 4.78 is 19.3. The first-order valence-electron chi connectivity index (χ1n) is 14.7. The Labute approximate surface area is 255 Å². The molecule has 9 heteroatoms. The van der Waals surface area contributed by atoms with E-state index in [1.54, 1.807) is 0 Å². The van der Waals surface area contributed by atoms with Gasteiger partial charge in [-0.2, -0.15) is 8.75 Å². The van der Waals surface area contributed by atoms with Crippen molar-refractivity contribution in [2.45, 2.75) is 91.9 Å². The van der Waals surface area contributed by atoms with E-state index in [2.05, 4.69) is 46.9 Å². The first-order valence-corrected chi connectivity index (χ1v) is 17.0. The van der Waals surface area contributed by atoms with Crippen LogP contribution < -0.4 is 0 Å². The normalized spacial score (nSPS) is 11.3. The second-order valence-corrected chi connectivity index (χ2v) is 13.1. The van der Waals surface area contributed by atoms with Crippen LogP contribution in [0.2, 0.25) is 0 Å². The molecule has 4 aromatic rings. The van der Waals surface area contributed by atoms with E-state index in [1.165, 1.54) is 42.4 Å².